The minimum Gasteiger partial charge on any atom is -0.489 e. The third-order valence-corrected chi connectivity index (χ3v) is 5.90. The fourth-order valence-corrected chi connectivity index (χ4v) is 4.28. The van der Waals surface area contributed by atoms with E-state index >= 15 is 0 Å². The quantitative estimate of drug-likeness (QED) is 0.582. The van der Waals surface area contributed by atoms with Gasteiger partial charge < -0.3 is 9.84 Å². The Labute approximate surface area is 163 Å². The number of carboxylic acid groups (broad SMARTS) is 1. The molecular weight excluding hydrogens is 369 g/mol. The van der Waals surface area contributed by atoms with Crippen molar-refractivity contribution >= 4 is 5.97 Å². The summed E-state index contributed by atoms with van der Waals surface area (Å²) in [5, 5.41) is 8.72. The Bertz CT molecular complexity index is 737. The molecule has 0 amide bonds. The highest BCUT2D eigenvalue weighted by Gasteiger charge is 2.34. The molecule has 0 atom stereocenters. The van der Waals surface area contributed by atoms with Gasteiger partial charge >= 0.3 is 5.97 Å². The fourth-order valence-electron chi connectivity index (χ4n) is 4.28. The molecule has 154 valence electrons. The molecule has 0 aliphatic heterocycles. The summed E-state index contributed by atoms with van der Waals surface area (Å²) in [5.41, 5.74) is 2.40. The van der Waals surface area contributed by atoms with Crippen LogP contribution in [0, 0.1) is 11.7 Å². The maximum Gasteiger partial charge on any atom is 0.303 e. The zero-order valence-corrected chi connectivity index (χ0v) is 16.0. The monoisotopic (exact) mass is 396 g/mol. The van der Waals surface area contributed by atoms with Crippen molar-refractivity contribution < 1.29 is 27.8 Å². The first-order valence-electron chi connectivity index (χ1n) is 10.1. The molecule has 1 aromatic carbocycles. The number of allylic oxidation sites excluding steroid dienone is 1. The number of alkyl halides is 2. The zero-order valence-electron chi connectivity index (χ0n) is 16.0. The first kappa shape index (κ1) is 20.7. The van der Waals surface area contributed by atoms with Crippen LogP contribution in [0.3, 0.4) is 0 Å². The van der Waals surface area contributed by atoms with Crippen molar-refractivity contribution in [1.29, 1.82) is 0 Å². The molecule has 1 N–H and O–H groups in total. The second-order valence-corrected chi connectivity index (χ2v) is 7.90. The van der Waals surface area contributed by atoms with E-state index in [2.05, 4.69) is 0 Å². The Hall–Kier alpha value is -1.98. The lowest BCUT2D eigenvalue weighted by Gasteiger charge is -2.19. The number of ether oxygens (including phenoxy) is 1. The van der Waals surface area contributed by atoms with Crippen LogP contribution in [0.1, 0.15) is 63.4 Å². The molecule has 6 heteroatoms. The summed E-state index contributed by atoms with van der Waals surface area (Å²) >= 11 is 0. The summed E-state index contributed by atoms with van der Waals surface area (Å²) < 4.78 is 47.8. The van der Waals surface area contributed by atoms with Crippen LogP contribution in [-0.2, 0) is 11.2 Å². The van der Waals surface area contributed by atoms with Gasteiger partial charge in [-0.1, -0.05) is 24.5 Å². The normalized spacial score (nSPS) is 20.2. The van der Waals surface area contributed by atoms with Gasteiger partial charge in [-0.2, -0.15) is 0 Å². The SMILES string of the molecule is O=C(O)CCc1ccc(OCC2=C(C3CCCC3)CCC(F)(F)CC2)cc1F. The van der Waals surface area contributed by atoms with Crippen molar-refractivity contribution in [2.75, 3.05) is 6.61 Å². The molecule has 0 unspecified atom stereocenters. The number of halogens is 3. The molecule has 1 saturated carbocycles. The molecule has 0 spiro atoms. The Morgan fingerprint density at radius 1 is 1.18 bits per heavy atom. The molecule has 2 aliphatic rings. The molecule has 0 heterocycles. The lowest BCUT2D eigenvalue weighted by Crippen LogP contribution is -2.14. The van der Waals surface area contributed by atoms with Crippen LogP contribution in [0.5, 0.6) is 5.75 Å². The molecular formula is C22H27F3O3. The molecule has 3 rings (SSSR count). The first-order chi connectivity index (χ1) is 13.3. The molecule has 28 heavy (non-hydrogen) atoms. The number of hydrogen-bond acceptors (Lipinski definition) is 2. The van der Waals surface area contributed by atoms with Gasteiger partial charge in [-0.25, -0.2) is 13.2 Å². The highest BCUT2D eigenvalue weighted by atomic mass is 19.3. The van der Waals surface area contributed by atoms with Crippen LogP contribution >= 0.6 is 0 Å². The van der Waals surface area contributed by atoms with Gasteiger partial charge in [0.05, 0.1) is 0 Å². The Kier molecular flexibility index (Phi) is 6.68. The molecule has 0 radical (unpaired) electrons. The average Bonchev–Trinajstić information content (AvgIpc) is 3.11. The summed E-state index contributed by atoms with van der Waals surface area (Å²) in [4.78, 5) is 10.6. The Balaban J connectivity index is 1.69. The first-order valence-corrected chi connectivity index (χ1v) is 10.1. The third kappa shape index (κ3) is 5.52. The number of rotatable bonds is 7. The number of carbonyl (C=O) groups is 1. The summed E-state index contributed by atoms with van der Waals surface area (Å²) in [6.45, 7) is 0.204. The van der Waals surface area contributed by atoms with Gasteiger partial charge in [0.1, 0.15) is 18.2 Å². The van der Waals surface area contributed by atoms with E-state index in [1.807, 2.05) is 0 Å². The lowest BCUT2D eigenvalue weighted by molar-refractivity contribution is -0.136. The zero-order chi connectivity index (χ0) is 20.1. The average molecular weight is 396 g/mol. The highest BCUT2D eigenvalue weighted by molar-refractivity contribution is 5.67. The van der Waals surface area contributed by atoms with E-state index in [-0.39, 0.29) is 32.3 Å². The second kappa shape index (κ2) is 9.01. The van der Waals surface area contributed by atoms with Gasteiger partial charge in [-0.15, -0.1) is 0 Å². The summed E-state index contributed by atoms with van der Waals surface area (Å²) in [5.74, 6) is -3.40. The van der Waals surface area contributed by atoms with Crippen molar-refractivity contribution in [3.63, 3.8) is 0 Å². The summed E-state index contributed by atoms with van der Waals surface area (Å²) in [6, 6.07) is 4.39. The Morgan fingerprint density at radius 2 is 1.89 bits per heavy atom. The van der Waals surface area contributed by atoms with Gasteiger partial charge in [-0.3, -0.25) is 4.79 Å². The van der Waals surface area contributed by atoms with E-state index < -0.39 is 17.7 Å². The molecule has 3 nitrogen and oxygen atoms in total. The van der Waals surface area contributed by atoms with E-state index in [1.54, 1.807) is 6.07 Å². The van der Waals surface area contributed by atoms with E-state index in [0.717, 1.165) is 36.8 Å². The lowest BCUT2D eigenvalue weighted by atomic mass is 9.89. The van der Waals surface area contributed by atoms with E-state index in [4.69, 9.17) is 9.84 Å². The van der Waals surface area contributed by atoms with Gasteiger partial charge in [0.2, 0.25) is 5.92 Å². The molecule has 1 fully saturated rings. The number of aliphatic carboxylic acids is 1. The predicted molar refractivity (Wildman–Crippen MR) is 100 cm³/mol. The van der Waals surface area contributed by atoms with Crippen LogP contribution in [0.4, 0.5) is 13.2 Å². The summed E-state index contributed by atoms with van der Waals surface area (Å²) in [7, 11) is 0. The van der Waals surface area contributed by atoms with Gasteiger partial charge in [0, 0.05) is 25.3 Å². The largest absolute Gasteiger partial charge is 0.489 e. The van der Waals surface area contributed by atoms with E-state index in [1.165, 1.54) is 12.1 Å². The second-order valence-electron chi connectivity index (χ2n) is 7.90. The Morgan fingerprint density at radius 3 is 2.57 bits per heavy atom. The molecule has 2 aliphatic carbocycles. The van der Waals surface area contributed by atoms with Crippen molar-refractivity contribution in [2.45, 2.75) is 70.1 Å². The minimum atomic E-state index is -2.64. The number of benzene rings is 1. The van der Waals surface area contributed by atoms with Crippen molar-refractivity contribution in [1.82, 2.24) is 0 Å². The predicted octanol–water partition coefficient (Wildman–Crippen LogP) is 5.92. The number of aryl methyl sites for hydroxylation is 1. The standard InChI is InChI=1S/C22H27F3O3/c23-20-13-18(7-5-16(20)6-8-21(26)27)28-14-17-9-11-22(24,25)12-10-19(17)15-3-1-2-4-15/h5,7,13,15H,1-4,6,8-12,14H2,(H,26,27). The topological polar surface area (TPSA) is 46.5 Å². The van der Waals surface area contributed by atoms with Crippen LogP contribution in [-0.4, -0.2) is 23.6 Å². The van der Waals surface area contributed by atoms with E-state index in [0.29, 0.717) is 30.1 Å². The van der Waals surface area contributed by atoms with Crippen LogP contribution in [0.15, 0.2) is 29.3 Å². The van der Waals surface area contributed by atoms with E-state index in [9.17, 15) is 18.0 Å². The maximum absolute atomic E-state index is 14.2. The van der Waals surface area contributed by atoms with Gasteiger partial charge in [0.15, 0.2) is 0 Å². The van der Waals surface area contributed by atoms with Gasteiger partial charge in [0.25, 0.3) is 0 Å². The van der Waals surface area contributed by atoms with Crippen molar-refractivity contribution in [3.8, 4) is 5.75 Å². The van der Waals surface area contributed by atoms with Crippen molar-refractivity contribution in [3.05, 3.63) is 40.7 Å². The number of carboxylic acids is 1. The van der Waals surface area contributed by atoms with Crippen LogP contribution < -0.4 is 4.74 Å². The number of hydrogen-bond donors (Lipinski definition) is 1. The maximum atomic E-state index is 14.2. The van der Waals surface area contributed by atoms with Crippen molar-refractivity contribution in [2.24, 2.45) is 5.92 Å². The molecule has 0 bridgehead atoms. The molecule has 0 aromatic heterocycles. The molecule has 0 saturated heterocycles. The third-order valence-electron chi connectivity index (χ3n) is 5.90. The molecule has 1 aromatic rings. The smallest absolute Gasteiger partial charge is 0.303 e. The van der Waals surface area contributed by atoms with Gasteiger partial charge in [-0.05, 0) is 55.2 Å². The van der Waals surface area contributed by atoms with Crippen LogP contribution in [0.25, 0.3) is 0 Å². The highest BCUT2D eigenvalue weighted by Crippen LogP contribution is 2.42. The minimum absolute atomic E-state index is 0.102. The fraction of sp³-hybridized carbons (Fsp3) is 0.591. The van der Waals surface area contributed by atoms with Crippen LogP contribution in [0.2, 0.25) is 0 Å². The summed E-state index contributed by atoms with van der Waals surface area (Å²) in [6.07, 6.45) is 4.84.